The molecule has 2 atom stereocenters. The Kier molecular flexibility index (Phi) is 7.57. The van der Waals surface area contributed by atoms with Crippen LogP contribution in [0.3, 0.4) is 0 Å². The van der Waals surface area contributed by atoms with Gasteiger partial charge in [-0.05, 0) is 67.9 Å². The zero-order valence-electron chi connectivity index (χ0n) is 21.5. The number of fused-ring (bicyclic) bond motifs is 1. The molecule has 0 spiro atoms. The Bertz CT molecular complexity index is 1630. The van der Waals surface area contributed by atoms with E-state index in [-0.39, 0.29) is 27.9 Å². The molecule has 5 rings (SSSR count). The number of hydrogen-bond acceptors (Lipinski definition) is 5. The first-order valence-corrected chi connectivity index (χ1v) is 14.5. The lowest BCUT2D eigenvalue weighted by Gasteiger charge is -2.42. The molecule has 7 nitrogen and oxygen atoms in total. The lowest BCUT2D eigenvalue weighted by Crippen LogP contribution is -2.54. The number of amides is 1. The second kappa shape index (κ2) is 10.9. The molecule has 1 unspecified atom stereocenters. The quantitative estimate of drug-likeness (QED) is 0.322. The van der Waals surface area contributed by atoms with E-state index < -0.39 is 15.8 Å². The number of anilines is 1. The Balaban J connectivity index is 1.25. The third-order valence-electron chi connectivity index (χ3n) is 7.16. The van der Waals surface area contributed by atoms with Gasteiger partial charge in [0.15, 0.2) is 0 Å². The molecule has 0 aliphatic carbocycles. The van der Waals surface area contributed by atoms with Gasteiger partial charge in [-0.25, -0.2) is 12.8 Å². The zero-order valence-corrected chi connectivity index (χ0v) is 23.1. The van der Waals surface area contributed by atoms with Crippen LogP contribution in [-0.2, 0) is 10.0 Å². The first kappa shape index (κ1) is 27.1. The lowest BCUT2D eigenvalue weighted by molar-refractivity contribution is 0.0406. The third-order valence-corrected chi connectivity index (χ3v) is 8.88. The molecule has 0 saturated carbocycles. The van der Waals surface area contributed by atoms with E-state index in [0.717, 1.165) is 10.9 Å². The van der Waals surface area contributed by atoms with Crippen LogP contribution in [-0.4, -0.2) is 54.8 Å². The first-order chi connectivity index (χ1) is 18.6. The van der Waals surface area contributed by atoms with Crippen molar-refractivity contribution in [3.8, 4) is 0 Å². The molecule has 1 saturated heterocycles. The average molecular weight is 567 g/mol. The van der Waals surface area contributed by atoms with Gasteiger partial charge in [-0.15, -0.1) is 0 Å². The number of carbonyl (C=O) groups is 1. The molecule has 3 aromatic carbocycles. The highest BCUT2D eigenvalue weighted by Gasteiger charge is 2.31. The summed E-state index contributed by atoms with van der Waals surface area (Å²) < 4.78 is 42.7. The van der Waals surface area contributed by atoms with Crippen LogP contribution >= 0.6 is 11.6 Å². The number of piperazine rings is 1. The molecule has 1 aliphatic heterocycles. The summed E-state index contributed by atoms with van der Waals surface area (Å²) in [6.45, 7) is 5.79. The Hall–Kier alpha value is -3.53. The van der Waals surface area contributed by atoms with E-state index in [1.807, 2.05) is 24.8 Å². The van der Waals surface area contributed by atoms with Crippen molar-refractivity contribution in [2.24, 2.45) is 0 Å². The first-order valence-electron chi connectivity index (χ1n) is 12.6. The van der Waals surface area contributed by atoms with Gasteiger partial charge in [0.25, 0.3) is 15.9 Å². The zero-order chi connectivity index (χ0) is 27.7. The predicted molar refractivity (Wildman–Crippen MR) is 151 cm³/mol. The number of rotatable bonds is 6. The third kappa shape index (κ3) is 5.61. The van der Waals surface area contributed by atoms with Crippen molar-refractivity contribution in [1.29, 1.82) is 0 Å². The molecule has 1 amide bonds. The minimum atomic E-state index is -3.89. The van der Waals surface area contributed by atoms with Crippen LogP contribution in [0.4, 0.5) is 10.1 Å². The highest BCUT2D eigenvalue weighted by Crippen LogP contribution is 2.28. The number of para-hydroxylation sites is 1. The van der Waals surface area contributed by atoms with Crippen LogP contribution in [0.5, 0.6) is 0 Å². The molecule has 1 aliphatic rings. The molecule has 202 valence electrons. The van der Waals surface area contributed by atoms with Crippen molar-refractivity contribution < 1.29 is 17.6 Å². The predicted octanol–water partition coefficient (Wildman–Crippen LogP) is 5.74. The maximum atomic E-state index is 14.0. The number of pyridine rings is 1. The maximum absolute atomic E-state index is 14.0. The van der Waals surface area contributed by atoms with E-state index >= 15 is 0 Å². The van der Waals surface area contributed by atoms with E-state index in [4.69, 9.17) is 11.6 Å². The van der Waals surface area contributed by atoms with Gasteiger partial charge in [-0.2, -0.15) is 0 Å². The second-order valence-corrected chi connectivity index (χ2v) is 11.8. The van der Waals surface area contributed by atoms with Gasteiger partial charge in [0.1, 0.15) is 10.7 Å². The topological polar surface area (TPSA) is 82.6 Å². The van der Waals surface area contributed by atoms with Gasteiger partial charge in [0.2, 0.25) is 0 Å². The van der Waals surface area contributed by atoms with Crippen molar-refractivity contribution in [2.45, 2.75) is 30.8 Å². The number of halogens is 2. The van der Waals surface area contributed by atoms with Gasteiger partial charge in [-0.1, -0.05) is 35.9 Å². The van der Waals surface area contributed by atoms with Gasteiger partial charge in [0.05, 0.1) is 10.5 Å². The number of nitrogens with one attached hydrogen (secondary N) is 1. The second-order valence-electron chi connectivity index (χ2n) is 9.71. The van der Waals surface area contributed by atoms with Crippen LogP contribution in [0.1, 0.15) is 35.8 Å². The minimum Gasteiger partial charge on any atom is -0.333 e. The number of hydrogen-bond donors (Lipinski definition) is 1. The smallest absolute Gasteiger partial charge is 0.264 e. The Labute approximate surface area is 232 Å². The number of carbonyl (C=O) groups excluding carboxylic acids is 1. The fourth-order valence-corrected chi connectivity index (χ4v) is 6.33. The summed E-state index contributed by atoms with van der Waals surface area (Å²) in [5, 5.41) is 0.824. The van der Waals surface area contributed by atoms with Crippen LogP contribution in [0.2, 0.25) is 5.02 Å². The number of benzene rings is 3. The summed E-state index contributed by atoms with van der Waals surface area (Å²) in [5.41, 5.74) is 2.04. The summed E-state index contributed by atoms with van der Waals surface area (Å²) >= 11 is 5.83. The molecule has 10 heteroatoms. The maximum Gasteiger partial charge on any atom is 0.264 e. The van der Waals surface area contributed by atoms with Crippen LogP contribution < -0.4 is 4.72 Å². The summed E-state index contributed by atoms with van der Waals surface area (Å²) in [6.07, 6.45) is 1.56. The molecule has 1 aromatic heterocycles. The van der Waals surface area contributed by atoms with E-state index in [9.17, 15) is 17.6 Å². The summed E-state index contributed by atoms with van der Waals surface area (Å²) in [5.74, 6) is -0.567. The van der Waals surface area contributed by atoms with E-state index in [1.165, 1.54) is 12.1 Å². The molecule has 39 heavy (non-hydrogen) atoms. The van der Waals surface area contributed by atoms with Crippen LogP contribution in [0.15, 0.2) is 83.9 Å². The number of aromatic nitrogens is 1. The molecule has 0 radical (unpaired) electrons. The summed E-state index contributed by atoms with van der Waals surface area (Å²) in [4.78, 5) is 21.6. The molecular formula is C29H28ClFN4O3S. The van der Waals surface area contributed by atoms with E-state index in [1.54, 1.807) is 60.8 Å². The Morgan fingerprint density at radius 3 is 2.54 bits per heavy atom. The van der Waals surface area contributed by atoms with Gasteiger partial charge in [-0.3, -0.25) is 19.4 Å². The fourth-order valence-electron chi connectivity index (χ4n) is 4.97. The van der Waals surface area contributed by atoms with Crippen LogP contribution in [0, 0.1) is 5.82 Å². The summed E-state index contributed by atoms with van der Waals surface area (Å²) in [7, 11) is -3.89. The number of nitrogens with zero attached hydrogens (tertiary/aromatic N) is 3. The molecular weight excluding hydrogens is 539 g/mol. The monoisotopic (exact) mass is 566 g/mol. The highest BCUT2D eigenvalue weighted by molar-refractivity contribution is 7.93. The van der Waals surface area contributed by atoms with E-state index in [0.29, 0.717) is 36.4 Å². The molecule has 1 fully saturated rings. The fraction of sp³-hybridized carbons (Fsp3) is 0.241. The standard InChI is InChI=1S/C29H28ClFN4O3S/c1-19-18-34(20(2)23-10-13-25(30)26(31)17-23)15-16-35(19)29(36)22-8-11-24(12-9-22)33-39(37,38)27-7-3-5-21-6-4-14-32-28(21)27/h3-14,17,19-20,33H,15-16,18H2,1-2H3/t19-,20?/m1/s1. The average Bonchev–Trinajstić information content (AvgIpc) is 2.93. The Morgan fingerprint density at radius 1 is 1.08 bits per heavy atom. The highest BCUT2D eigenvalue weighted by atomic mass is 35.5. The van der Waals surface area contributed by atoms with Crippen molar-refractivity contribution in [2.75, 3.05) is 24.4 Å². The lowest BCUT2D eigenvalue weighted by atomic mass is 10.0. The molecule has 4 aromatic rings. The van der Waals surface area contributed by atoms with Crippen molar-refractivity contribution in [1.82, 2.24) is 14.8 Å². The normalized spacial score (nSPS) is 17.2. The minimum absolute atomic E-state index is 0.0271. The largest absolute Gasteiger partial charge is 0.333 e. The number of sulfonamides is 1. The molecule has 1 N–H and O–H groups in total. The molecule has 2 heterocycles. The van der Waals surface area contributed by atoms with Crippen molar-refractivity contribution in [3.05, 3.63) is 101 Å². The molecule has 0 bridgehead atoms. The van der Waals surface area contributed by atoms with E-state index in [2.05, 4.69) is 14.6 Å². The van der Waals surface area contributed by atoms with Gasteiger partial charge in [0, 0.05) is 54.6 Å². The summed E-state index contributed by atoms with van der Waals surface area (Å²) in [6, 6.07) is 19.7. The van der Waals surface area contributed by atoms with Crippen LogP contribution in [0.25, 0.3) is 10.9 Å². The SMILES string of the molecule is CC(c1ccc(Cl)c(F)c1)N1CCN(C(=O)c2ccc(NS(=O)(=O)c3cccc4cccnc34)cc2)[C@H](C)C1. The van der Waals surface area contributed by atoms with Crippen molar-refractivity contribution in [3.63, 3.8) is 0 Å². The van der Waals surface area contributed by atoms with Gasteiger partial charge < -0.3 is 4.90 Å². The van der Waals surface area contributed by atoms with Gasteiger partial charge >= 0.3 is 0 Å². The Morgan fingerprint density at radius 2 is 1.82 bits per heavy atom. The van der Waals surface area contributed by atoms with Crippen molar-refractivity contribution >= 4 is 44.1 Å².